The van der Waals surface area contributed by atoms with Crippen LogP contribution in [-0.4, -0.2) is 37.9 Å². The van der Waals surface area contributed by atoms with Gasteiger partial charge in [0.25, 0.3) is 0 Å². The molecule has 0 rings (SSSR count). The average molecular weight is 220 g/mol. The molecule has 0 amide bonds. The van der Waals surface area contributed by atoms with Gasteiger partial charge >= 0.3 is 6.18 Å². The molecule has 0 bridgehead atoms. The fraction of sp³-hybridized carbons (Fsp3) is 1.00. The van der Waals surface area contributed by atoms with Crippen LogP contribution in [0.4, 0.5) is 13.2 Å². The first kappa shape index (κ1) is 13.0. The molecular formula is C7H13ClF3NO. The Hall–Kier alpha value is -0.0000000000000000555. The van der Waals surface area contributed by atoms with Gasteiger partial charge in [-0.25, -0.2) is 0 Å². The standard InChI is InChI=1S/C7H13ClF3NO/c1-6(8)4-12-2-3-13-5-7(9,10)11/h6,12H,2-5H2,1H3. The molecule has 0 aliphatic heterocycles. The molecule has 2 nitrogen and oxygen atoms in total. The summed E-state index contributed by atoms with van der Waals surface area (Å²) in [5.41, 5.74) is 0. The van der Waals surface area contributed by atoms with Crippen molar-refractivity contribution in [1.29, 1.82) is 0 Å². The number of hydrogen-bond donors (Lipinski definition) is 1. The molecule has 0 aliphatic rings. The number of hydrogen-bond acceptors (Lipinski definition) is 2. The predicted octanol–water partition coefficient (Wildman–Crippen LogP) is 1.78. The van der Waals surface area contributed by atoms with Gasteiger partial charge in [0.05, 0.1) is 6.61 Å². The van der Waals surface area contributed by atoms with Crippen molar-refractivity contribution in [2.45, 2.75) is 18.5 Å². The van der Waals surface area contributed by atoms with Crippen LogP contribution in [0.5, 0.6) is 0 Å². The van der Waals surface area contributed by atoms with Crippen molar-refractivity contribution in [1.82, 2.24) is 5.32 Å². The molecule has 0 saturated carbocycles. The predicted molar refractivity (Wildman–Crippen MR) is 45.1 cm³/mol. The third-order valence-electron chi connectivity index (χ3n) is 1.11. The fourth-order valence-electron chi connectivity index (χ4n) is 0.633. The van der Waals surface area contributed by atoms with Gasteiger partial charge in [-0.3, -0.25) is 0 Å². The molecule has 1 N–H and O–H groups in total. The maximum Gasteiger partial charge on any atom is 0.411 e. The Bertz CT molecular complexity index is 129. The molecule has 0 heterocycles. The number of nitrogens with one attached hydrogen (secondary N) is 1. The molecule has 80 valence electrons. The SMILES string of the molecule is CC(Cl)CNCCOCC(F)(F)F. The van der Waals surface area contributed by atoms with Crippen molar-refractivity contribution in [3.63, 3.8) is 0 Å². The van der Waals surface area contributed by atoms with Gasteiger partial charge in [-0.15, -0.1) is 11.6 Å². The van der Waals surface area contributed by atoms with E-state index < -0.39 is 12.8 Å². The molecule has 0 aromatic rings. The summed E-state index contributed by atoms with van der Waals surface area (Å²) in [6.07, 6.45) is -4.24. The highest BCUT2D eigenvalue weighted by Gasteiger charge is 2.27. The summed E-state index contributed by atoms with van der Waals surface area (Å²) in [5, 5.41) is 2.82. The first-order valence-corrected chi connectivity index (χ1v) is 4.35. The minimum Gasteiger partial charge on any atom is -0.371 e. The van der Waals surface area contributed by atoms with Crippen LogP contribution in [0.25, 0.3) is 0 Å². The zero-order valence-electron chi connectivity index (χ0n) is 7.33. The Labute approximate surface area is 80.4 Å². The highest BCUT2D eigenvalue weighted by molar-refractivity contribution is 6.20. The van der Waals surface area contributed by atoms with E-state index in [9.17, 15) is 13.2 Å². The lowest BCUT2D eigenvalue weighted by Gasteiger charge is -2.08. The van der Waals surface area contributed by atoms with Crippen LogP contribution in [0, 0.1) is 0 Å². The number of ether oxygens (including phenoxy) is 1. The molecular weight excluding hydrogens is 207 g/mol. The van der Waals surface area contributed by atoms with Crippen molar-refractivity contribution < 1.29 is 17.9 Å². The van der Waals surface area contributed by atoms with E-state index in [0.29, 0.717) is 13.1 Å². The molecule has 1 atom stereocenters. The van der Waals surface area contributed by atoms with E-state index in [1.54, 1.807) is 6.92 Å². The van der Waals surface area contributed by atoms with E-state index in [1.807, 2.05) is 0 Å². The van der Waals surface area contributed by atoms with E-state index >= 15 is 0 Å². The van der Waals surface area contributed by atoms with Crippen molar-refractivity contribution in [2.24, 2.45) is 0 Å². The minimum absolute atomic E-state index is 0.0254. The summed E-state index contributed by atoms with van der Waals surface area (Å²) < 4.78 is 38.9. The molecule has 0 radical (unpaired) electrons. The van der Waals surface area contributed by atoms with Crippen LogP contribution < -0.4 is 5.32 Å². The number of halogens is 4. The minimum atomic E-state index is -4.24. The molecule has 0 aliphatic carbocycles. The highest BCUT2D eigenvalue weighted by Crippen LogP contribution is 2.13. The summed E-state index contributed by atoms with van der Waals surface area (Å²) in [7, 11) is 0. The lowest BCUT2D eigenvalue weighted by Crippen LogP contribution is -2.27. The molecule has 6 heteroatoms. The average Bonchev–Trinajstić information content (AvgIpc) is 1.93. The zero-order valence-corrected chi connectivity index (χ0v) is 8.08. The Balaban J connectivity index is 3.09. The van der Waals surface area contributed by atoms with Gasteiger partial charge in [-0.05, 0) is 6.92 Å². The van der Waals surface area contributed by atoms with Crippen LogP contribution in [0.3, 0.4) is 0 Å². The van der Waals surface area contributed by atoms with Crippen molar-refractivity contribution in [3.05, 3.63) is 0 Å². The van der Waals surface area contributed by atoms with Gasteiger partial charge in [0, 0.05) is 18.5 Å². The zero-order chi connectivity index (χ0) is 10.3. The number of alkyl halides is 4. The van der Waals surface area contributed by atoms with E-state index in [2.05, 4.69) is 10.1 Å². The van der Waals surface area contributed by atoms with Crippen LogP contribution >= 0.6 is 11.6 Å². The monoisotopic (exact) mass is 219 g/mol. The van der Waals surface area contributed by atoms with Gasteiger partial charge in [0.1, 0.15) is 6.61 Å². The largest absolute Gasteiger partial charge is 0.411 e. The van der Waals surface area contributed by atoms with Crippen molar-refractivity contribution >= 4 is 11.6 Å². The molecule has 0 spiro atoms. The van der Waals surface area contributed by atoms with Crippen molar-refractivity contribution in [2.75, 3.05) is 26.3 Å². The second-order valence-corrected chi connectivity index (χ2v) is 3.40. The Morgan fingerprint density at radius 3 is 2.54 bits per heavy atom. The summed E-state index contributed by atoms with van der Waals surface area (Å²) >= 11 is 5.58. The second kappa shape index (κ2) is 6.45. The van der Waals surface area contributed by atoms with Crippen LogP contribution in [-0.2, 0) is 4.74 Å². The van der Waals surface area contributed by atoms with Gasteiger partial charge in [0.2, 0.25) is 0 Å². The smallest absolute Gasteiger partial charge is 0.371 e. The summed E-state index contributed by atoms with van der Waals surface area (Å²) in [5.74, 6) is 0. The van der Waals surface area contributed by atoms with Crippen LogP contribution in [0.2, 0.25) is 0 Å². The van der Waals surface area contributed by atoms with Crippen LogP contribution in [0.1, 0.15) is 6.92 Å². The lowest BCUT2D eigenvalue weighted by atomic mass is 10.4. The Kier molecular flexibility index (Phi) is 6.45. The maximum atomic E-state index is 11.5. The van der Waals surface area contributed by atoms with Gasteiger partial charge in [-0.2, -0.15) is 13.2 Å². The van der Waals surface area contributed by atoms with Gasteiger partial charge in [0.15, 0.2) is 0 Å². The molecule has 0 saturated heterocycles. The molecule has 1 unspecified atom stereocenters. The Morgan fingerprint density at radius 1 is 1.46 bits per heavy atom. The maximum absolute atomic E-state index is 11.5. The van der Waals surface area contributed by atoms with Gasteiger partial charge in [-0.1, -0.05) is 0 Å². The first-order chi connectivity index (χ1) is 5.92. The fourth-order valence-corrected chi connectivity index (χ4v) is 0.742. The quantitative estimate of drug-likeness (QED) is 0.543. The Morgan fingerprint density at radius 2 is 2.08 bits per heavy atom. The molecule has 0 aromatic carbocycles. The lowest BCUT2D eigenvalue weighted by molar-refractivity contribution is -0.173. The molecule has 13 heavy (non-hydrogen) atoms. The second-order valence-electron chi connectivity index (χ2n) is 2.65. The van der Waals surface area contributed by atoms with Crippen molar-refractivity contribution in [3.8, 4) is 0 Å². The normalized spacial score (nSPS) is 14.5. The van der Waals surface area contributed by atoms with E-state index in [0.717, 1.165) is 0 Å². The van der Waals surface area contributed by atoms with E-state index in [-0.39, 0.29) is 12.0 Å². The summed E-state index contributed by atoms with van der Waals surface area (Å²) in [4.78, 5) is 0. The third kappa shape index (κ3) is 12.0. The van der Waals surface area contributed by atoms with E-state index in [4.69, 9.17) is 11.6 Å². The topological polar surface area (TPSA) is 21.3 Å². The number of rotatable bonds is 6. The highest BCUT2D eigenvalue weighted by atomic mass is 35.5. The first-order valence-electron chi connectivity index (χ1n) is 3.91. The summed E-state index contributed by atoms with van der Waals surface area (Å²) in [6.45, 7) is 1.60. The van der Waals surface area contributed by atoms with E-state index in [1.165, 1.54) is 0 Å². The summed E-state index contributed by atoms with van der Waals surface area (Å²) in [6, 6.07) is 0. The molecule has 0 fully saturated rings. The van der Waals surface area contributed by atoms with Crippen LogP contribution in [0.15, 0.2) is 0 Å². The molecule has 0 aromatic heterocycles. The van der Waals surface area contributed by atoms with Gasteiger partial charge < -0.3 is 10.1 Å². The third-order valence-corrected chi connectivity index (χ3v) is 1.27.